The van der Waals surface area contributed by atoms with Gasteiger partial charge in [-0.2, -0.15) is 0 Å². The molecule has 82 heavy (non-hydrogen) atoms. The molecule has 0 saturated carbocycles. The van der Waals surface area contributed by atoms with Crippen LogP contribution in [0.15, 0.2) is 148 Å². The van der Waals surface area contributed by atoms with Crippen LogP contribution in [0.5, 0.6) is 0 Å². The van der Waals surface area contributed by atoms with Crippen molar-refractivity contribution in [1.82, 2.24) is 29.7 Å². The van der Waals surface area contributed by atoms with Gasteiger partial charge in [0.15, 0.2) is 34.9 Å². The van der Waals surface area contributed by atoms with E-state index in [0.717, 1.165) is 36.4 Å². The Morgan fingerprint density at radius 3 is 1.11 bits per heavy atom. The number of rotatable bonds is 11. The molecule has 0 radical (unpaired) electrons. The lowest BCUT2D eigenvalue weighted by Gasteiger charge is -2.29. The average Bonchev–Trinajstić information content (AvgIpc) is 3.59. The van der Waals surface area contributed by atoms with Gasteiger partial charge in [0.25, 0.3) is 16.7 Å². The number of nitrogens with zero attached hydrogens (tertiary/aromatic N) is 3. The number of carbonyl (C=O) groups is 3. The first kappa shape index (κ1) is 60.2. The lowest BCUT2D eigenvalue weighted by molar-refractivity contribution is 0.196. The van der Waals surface area contributed by atoms with Crippen molar-refractivity contribution in [2.45, 2.75) is 52.7 Å². The van der Waals surface area contributed by atoms with Crippen molar-refractivity contribution in [2.24, 2.45) is 0 Å². The summed E-state index contributed by atoms with van der Waals surface area (Å²) in [5.74, 6) is -6.92. The largest absolute Gasteiger partial charge is 0.328 e. The number of amides is 6. The number of anilines is 3. The molecule has 0 aliphatic carbocycles. The number of aromatic amines is 3. The highest BCUT2D eigenvalue weighted by Gasteiger charge is 2.26. The van der Waals surface area contributed by atoms with Crippen molar-refractivity contribution < 1.29 is 45.1 Å². The summed E-state index contributed by atoms with van der Waals surface area (Å²) in [6, 6.07) is 23.6. The summed E-state index contributed by atoms with van der Waals surface area (Å²) < 4.78 is 94.9. The first-order valence-corrected chi connectivity index (χ1v) is 25.7. The van der Waals surface area contributed by atoms with Crippen LogP contribution >= 0.6 is 11.6 Å². The maximum atomic E-state index is 13.8. The third-order valence-electron chi connectivity index (χ3n) is 13.5. The van der Waals surface area contributed by atoms with E-state index in [9.17, 15) is 59.5 Å². The summed E-state index contributed by atoms with van der Waals surface area (Å²) in [6.45, 7) is 9.45. The standard InChI is InChI=1S/C20H18F3N3O2.C20H19F2N3O2.C19H16ClF2N3O2/c1-3-26(20(28)25-13-6-4-12(21)5-7-13)11(2)16-10-24-19(27)15-9-18(23)17(22)8-14(15)16;1-3-25(20(27)24-13-7-5-4-6-8-13)12(2)16-11-23-19(26)15-10-18(22)17(21)9-14(15)16;1-10(25(2)19(27)24-12-5-3-11(20)4-6-12)15-9-23-18(26)14-8-17(22)16(21)7-13(14)15/h4-11H,3H2,1-2H3,(H,24,27)(H,25,28);4-12H,3H2,1-2H3,(H,23,26)(H,24,27);3-10H,1-2H3,(H,23,26)(H,24,27). The Kier molecular flexibility index (Phi) is 19.3. The van der Waals surface area contributed by atoms with Gasteiger partial charge in [-0.05, 0) is 165 Å². The van der Waals surface area contributed by atoms with Crippen LogP contribution in [0.25, 0.3) is 32.3 Å². The smallest absolute Gasteiger partial charge is 0.322 e. The molecule has 6 amide bonds. The molecule has 3 atom stereocenters. The normalized spacial score (nSPS) is 12.0. The van der Waals surface area contributed by atoms with E-state index in [-0.39, 0.29) is 38.3 Å². The molecule has 0 saturated heterocycles. The minimum atomic E-state index is -1.12. The molecule has 0 spiro atoms. The van der Waals surface area contributed by atoms with Crippen molar-refractivity contribution in [3.63, 3.8) is 0 Å². The van der Waals surface area contributed by atoms with Crippen molar-refractivity contribution in [1.29, 1.82) is 0 Å². The third-order valence-corrected chi connectivity index (χ3v) is 13.8. The van der Waals surface area contributed by atoms with E-state index < -0.39 is 87.6 Å². The molecule has 9 aromatic rings. The van der Waals surface area contributed by atoms with Gasteiger partial charge < -0.3 is 45.6 Å². The van der Waals surface area contributed by atoms with Gasteiger partial charge in [-0.1, -0.05) is 29.8 Å². The van der Waals surface area contributed by atoms with Gasteiger partial charge in [0.1, 0.15) is 5.82 Å². The van der Waals surface area contributed by atoms with E-state index in [1.807, 2.05) is 25.1 Å². The number of aromatic nitrogens is 3. The van der Waals surface area contributed by atoms with Crippen molar-refractivity contribution >= 4 is 79.1 Å². The van der Waals surface area contributed by atoms with Gasteiger partial charge in [-0.3, -0.25) is 14.4 Å². The number of fused-ring (bicyclic) bond motifs is 3. The Morgan fingerprint density at radius 2 is 0.756 bits per heavy atom. The van der Waals surface area contributed by atoms with Gasteiger partial charge in [0, 0.05) is 60.8 Å². The summed E-state index contributed by atoms with van der Waals surface area (Å²) in [4.78, 5) is 85.7. The Balaban J connectivity index is 0.000000177. The fraction of sp³-hybridized carbons (Fsp3) is 0.186. The van der Waals surface area contributed by atoms with Gasteiger partial charge >= 0.3 is 18.1 Å². The Labute approximate surface area is 468 Å². The number of nitrogens with one attached hydrogen (secondary N) is 6. The Morgan fingerprint density at radius 1 is 0.451 bits per heavy atom. The second kappa shape index (κ2) is 26.2. The molecule has 6 N–H and O–H groups in total. The van der Waals surface area contributed by atoms with Crippen LogP contribution < -0.4 is 32.6 Å². The van der Waals surface area contributed by atoms with Gasteiger partial charge in [0.05, 0.1) is 34.3 Å². The van der Waals surface area contributed by atoms with Crippen molar-refractivity contribution in [3.05, 3.63) is 227 Å². The maximum absolute atomic E-state index is 13.8. The number of urea groups is 3. The first-order valence-electron chi connectivity index (χ1n) is 25.3. The molecule has 3 heterocycles. The van der Waals surface area contributed by atoms with Crippen LogP contribution in [0.4, 0.5) is 62.2 Å². The summed E-state index contributed by atoms with van der Waals surface area (Å²) in [5.41, 5.74) is 1.48. The van der Waals surface area contributed by atoms with Crippen LogP contribution in [0.1, 0.15) is 69.4 Å². The van der Waals surface area contributed by atoms with Crippen LogP contribution in [-0.2, 0) is 0 Å². The number of hydrogen-bond acceptors (Lipinski definition) is 6. The quantitative estimate of drug-likeness (QED) is 0.0697. The van der Waals surface area contributed by atoms with E-state index in [0.29, 0.717) is 51.9 Å². The van der Waals surface area contributed by atoms with E-state index in [1.165, 1.54) is 52.7 Å². The van der Waals surface area contributed by atoms with Gasteiger partial charge in [-0.15, -0.1) is 0 Å². The minimum Gasteiger partial charge on any atom is -0.328 e. The van der Waals surface area contributed by atoms with E-state index in [2.05, 4.69) is 30.9 Å². The zero-order valence-electron chi connectivity index (χ0n) is 44.7. The van der Waals surface area contributed by atoms with E-state index in [4.69, 9.17) is 11.6 Å². The monoisotopic (exact) mass is 1150 g/mol. The molecule has 3 aromatic heterocycles. The summed E-state index contributed by atoms with van der Waals surface area (Å²) in [7, 11) is 1.56. The zero-order valence-corrected chi connectivity index (χ0v) is 45.4. The molecule has 0 aliphatic rings. The molecule has 6 aromatic carbocycles. The highest BCUT2D eigenvalue weighted by atomic mass is 35.5. The van der Waals surface area contributed by atoms with Gasteiger partial charge in [0.2, 0.25) is 0 Å². The predicted molar refractivity (Wildman–Crippen MR) is 303 cm³/mol. The molecule has 15 nitrogen and oxygen atoms in total. The number of hydrogen-bond donors (Lipinski definition) is 6. The fourth-order valence-electron chi connectivity index (χ4n) is 8.95. The molecule has 3 unspecified atom stereocenters. The first-order chi connectivity index (χ1) is 39.0. The van der Waals surface area contributed by atoms with Crippen LogP contribution in [0.2, 0.25) is 5.02 Å². The molecule has 9 rings (SSSR count). The third kappa shape index (κ3) is 13.8. The van der Waals surface area contributed by atoms with Crippen molar-refractivity contribution in [3.8, 4) is 0 Å². The molecule has 0 bridgehead atoms. The molecule has 23 heteroatoms. The summed E-state index contributed by atoms with van der Waals surface area (Å²) in [5, 5.41) is 9.54. The van der Waals surface area contributed by atoms with E-state index in [1.54, 1.807) is 76.0 Å². The SMILES string of the molecule is CC(c1c[nH]c(=O)c2cc(F)c(F)cc12)N(C)C(=O)Nc1ccc(Cl)cc1.CCN(C(=O)Nc1ccc(F)cc1)C(C)c1c[nH]c(=O)c2cc(F)c(F)cc12.CCN(C(=O)Nc1ccccc1)C(C)c1c[nH]c(=O)c2cc(F)c(F)cc12. The van der Waals surface area contributed by atoms with Crippen LogP contribution in [0.3, 0.4) is 0 Å². The van der Waals surface area contributed by atoms with E-state index >= 15 is 0 Å². The second-order valence-electron chi connectivity index (χ2n) is 18.5. The second-order valence-corrected chi connectivity index (χ2v) is 19.0. The highest BCUT2D eigenvalue weighted by Crippen LogP contribution is 2.31. The number of para-hydroxylation sites is 1. The number of pyridine rings is 3. The topological polar surface area (TPSA) is 196 Å². The molecule has 426 valence electrons. The Bertz CT molecular complexity index is 4000. The summed E-state index contributed by atoms with van der Waals surface area (Å²) in [6.07, 6.45) is 4.23. The Hall–Kier alpha value is -9.44. The number of benzene rings is 6. The van der Waals surface area contributed by atoms with Crippen LogP contribution in [-0.4, -0.2) is 67.9 Å². The number of H-pyrrole nitrogens is 3. The van der Waals surface area contributed by atoms with Gasteiger partial charge in [-0.25, -0.2) is 45.1 Å². The minimum absolute atomic E-state index is 0.00162. The average molecular weight is 1150 g/mol. The number of carbonyl (C=O) groups excluding carboxylic acids is 3. The molecular weight excluding hydrogens is 1100 g/mol. The number of halogens is 8. The predicted octanol–water partition coefficient (Wildman–Crippen LogP) is 13.7. The summed E-state index contributed by atoms with van der Waals surface area (Å²) >= 11 is 5.82. The van der Waals surface area contributed by atoms with Crippen molar-refractivity contribution in [2.75, 3.05) is 36.1 Å². The zero-order chi connectivity index (χ0) is 59.7. The molecule has 0 aliphatic heterocycles. The highest BCUT2D eigenvalue weighted by molar-refractivity contribution is 6.30. The fourth-order valence-corrected chi connectivity index (χ4v) is 9.08. The van der Waals surface area contributed by atoms with Crippen LogP contribution in [0, 0.1) is 40.7 Å². The molecular formula is C59H53ClF7N9O6. The lowest BCUT2D eigenvalue weighted by atomic mass is 10.0. The maximum Gasteiger partial charge on any atom is 0.322 e. The lowest BCUT2D eigenvalue weighted by Crippen LogP contribution is -2.37. The molecule has 0 fully saturated rings.